The van der Waals surface area contributed by atoms with Crippen LogP contribution >= 0.6 is 0 Å². The highest BCUT2D eigenvalue weighted by atomic mass is 16.5. The first-order valence-corrected chi connectivity index (χ1v) is 8.79. The van der Waals surface area contributed by atoms with Crippen LogP contribution in [0.5, 0.6) is 0 Å². The molecule has 0 radical (unpaired) electrons. The lowest BCUT2D eigenvalue weighted by atomic mass is 10.1. The second-order valence-corrected chi connectivity index (χ2v) is 6.00. The first-order chi connectivity index (χ1) is 12.9. The summed E-state index contributed by atoms with van der Waals surface area (Å²) in [4.78, 5) is 40.2. The third-order valence-corrected chi connectivity index (χ3v) is 3.91. The number of benzene rings is 1. The minimum absolute atomic E-state index is 0.0351. The topological polar surface area (TPSA) is 97.4 Å². The van der Waals surface area contributed by atoms with E-state index in [4.69, 9.17) is 4.74 Å². The molecule has 0 fully saturated rings. The molecule has 0 saturated heterocycles. The molecule has 1 unspecified atom stereocenters. The lowest BCUT2D eigenvalue weighted by molar-refractivity contribution is 0.0526. The Morgan fingerprint density at radius 3 is 2.22 bits per heavy atom. The Bertz CT molecular complexity index is 818. The standard InChI is InChI=1S/C20H23N3O4/c1-4-13(3)22-18(24)15-10-16(12-21-11-15)19(25)23-17-8-6-14(7-9-17)20(26)27-5-2/h6-13H,4-5H2,1-3H3,(H,22,24)(H,23,25). The summed E-state index contributed by atoms with van der Waals surface area (Å²) in [6, 6.07) is 7.89. The zero-order chi connectivity index (χ0) is 19.8. The molecule has 0 aliphatic carbocycles. The van der Waals surface area contributed by atoms with Crippen molar-refractivity contribution in [2.24, 2.45) is 0 Å². The van der Waals surface area contributed by atoms with Crippen molar-refractivity contribution < 1.29 is 19.1 Å². The highest BCUT2D eigenvalue weighted by Crippen LogP contribution is 2.13. The van der Waals surface area contributed by atoms with Gasteiger partial charge < -0.3 is 15.4 Å². The minimum Gasteiger partial charge on any atom is -0.462 e. The summed E-state index contributed by atoms with van der Waals surface area (Å²) in [6.45, 7) is 5.91. The third-order valence-electron chi connectivity index (χ3n) is 3.91. The number of aromatic nitrogens is 1. The molecular weight excluding hydrogens is 346 g/mol. The summed E-state index contributed by atoms with van der Waals surface area (Å²) >= 11 is 0. The minimum atomic E-state index is -0.417. The molecule has 0 aliphatic heterocycles. The molecule has 1 heterocycles. The van der Waals surface area contributed by atoms with Crippen LogP contribution in [0.1, 0.15) is 58.3 Å². The molecule has 7 nitrogen and oxygen atoms in total. The largest absolute Gasteiger partial charge is 0.462 e. The van der Waals surface area contributed by atoms with Crippen LogP contribution in [0, 0.1) is 0 Å². The second-order valence-electron chi connectivity index (χ2n) is 6.00. The van der Waals surface area contributed by atoms with E-state index in [9.17, 15) is 14.4 Å². The number of ether oxygens (including phenoxy) is 1. The highest BCUT2D eigenvalue weighted by Gasteiger charge is 2.13. The summed E-state index contributed by atoms with van der Waals surface area (Å²) in [6.07, 6.45) is 3.62. The van der Waals surface area contributed by atoms with Crippen LogP contribution in [0.25, 0.3) is 0 Å². The van der Waals surface area contributed by atoms with Gasteiger partial charge in [-0.05, 0) is 50.6 Å². The molecule has 2 aromatic rings. The fourth-order valence-corrected chi connectivity index (χ4v) is 2.20. The molecule has 142 valence electrons. The average molecular weight is 369 g/mol. The van der Waals surface area contributed by atoms with Crippen molar-refractivity contribution in [3.8, 4) is 0 Å². The number of esters is 1. The Hall–Kier alpha value is -3.22. The van der Waals surface area contributed by atoms with Gasteiger partial charge in [0, 0.05) is 24.1 Å². The molecule has 2 amide bonds. The molecule has 27 heavy (non-hydrogen) atoms. The molecule has 0 saturated carbocycles. The monoisotopic (exact) mass is 369 g/mol. The zero-order valence-corrected chi connectivity index (χ0v) is 15.6. The van der Waals surface area contributed by atoms with Gasteiger partial charge >= 0.3 is 5.97 Å². The van der Waals surface area contributed by atoms with Gasteiger partial charge in [-0.2, -0.15) is 0 Å². The molecule has 1 atom stereocenters. The number of hydrogen-bond donors (Lipinski definition) is 2. The van der Waals surface area contributed by atoms with E-state index in [1.807, 2.05) is 13.8 Å². The van der Waals surface area contributed by atoms with Gasteiger partial charge in [0.2, 0.25) is 0 Å². The van der Waals surface area contributed by atoms with Crippen molar-refractivity contribution in [1.29, 1.82) is 0 Å². The van der Waals surface area contributed by atoms with E-state index in [0.717, 1.165) is 6.42 Å². The van der Waals surface area contributed by atoms with Crippen LogP contribution in [0.4, 0.5) is 5.69 Å². The Labute approximate surface area is 158 Å². The van der Waals surface area contributed by atoms with Crippen molar-refractivity contribution in [2.75, 3.05) is 11.9 Å². The lowest BCUT2D eigenvalue weighted by Gasteiger charge is -2.11. The van der Waals surface area contributed by atoms with Crippen LogP contribution in [0.15, 0.2) is 42.7 Å². The van der Waals surface area contributed by atoms with Crippen molar-refractivity contribution in [3.63, 3.8) is 0 Å². The summed E-state index contributed by atoms with van der Waals surface area (Å²) in [5.74, 6) is -1.09. The zero-order valence-electron chi connectivity index (χ0n) is 15.6. The number of anilines is 1. The number of hydrogen-bond acceptors (Lipinski definition) is 5. The second kappa shape index (κ2) is 9.47. The number of nitrogens with one attached hydrogen (secondary N) is 2. The van der Waals surface area contributed by atoms with E-state index < -0.39 is 11.9 Å². The first kappa shape index (κ1) is 20.1. The number of pyridine rings is 1. The molecule has 7 heteroatoms. The lowest BCUT2D eigenvalue weighted by Crippen LogP contribution is -2.32. The van der Waals surface area contributed by atoms with Crippen molar-refractivity contribution in [2.45, 2.75) is 33.2 Å². The van der Waals surface area contributed by atoms with Crippen LogP contribution in [-0.2, 0) is 4.74 Å². The van der Waals surface area contributed by atoms with E-state index in [0.29, 0.717) is 23.4 Å². The normalized spacial score (nSPS) is 11.4. The van der Waals surface area contributed by atoms with Crippen molar-refractivity contribution in [3.05, 3.63) is 59.4 Å². The summed E-state index contributed by atoms with van der Waals surface area (Å²) in [5.41, 5.74) is 1.50. The van der Waals surface area contributed by atoms with Gasteiger partial charge in [-0.3, -0.25) is 14.6 Å². The molecule has 2 N–H and O–H groups in total. The van der Waals surface area contributed by atoms with E-state index in [1.54, 1.807) is 31.2 Å². The van der Waals surface area contributed by atoms with Crippen molar-refractivity contribution in [1.82, 2.24) is 10.3 Å². The number of nitrogens with zero attached hydrogens (tertiary/aromatic N) is 1. The van der Waals surface area contributed by atoms with E-state index >= 15 is 0 Å². The van der Waals surface area contributed by atoms with Gasteiger partial charge in [-0.1, -0.05) is 6.92 Å². The molecule has 0 aliphatic rings. The SMILES string of the molecule is CCOC(=O)c1ccc(NC(=O)c2cncc(C(=O)NC(C)CC)c2)cc1. The van der Waals surface area contributed by atoms with E-state index in [-0.39, 0.29) is 17.5 Å². The molecular formula is C20H23N3O4. The molecule has 1 aromatic carbocycles. The Kier molecular flexibility index (Phi) is 7.05. The van der Waals surface area contributed by atoms with Crippen LogP contribution in [0.3, 0.4) is 0 Å². The quantitative estimate of drug-likeness (QED) is 0.731. The van der Waals surface area contributed by atoms with Gasteiger partial charge in [0.25, 0.3) is 11.8 Å². The predicted octanol–water partition coefficient (Wildman–Crippen LogP) is 3.04. The smallest absolute Gasteiger partial charge is 0.338 e. The Balaban J connectivity index is 2.06. The van der Waals surface area contributed by atoms with Gasteiger partial charge in [0.1, 0.15) is 0 Å². The average Bonchev–Trinajstić information content (AvgIpc) is 2.68. The van der Waals surface area contributed by atoms with Crippen molar-refractivity contribution >= 4 is 23.5 Å². The highest BCUT2D eigenvalue weighted by molar-refractivity contribution is 6.06. The van der Waals surface area contributed by atoms with Gasteiger partial charge in [-0.25, -0.2) is 4.79 Å². The van der Waals surface area contributed by atoms with Crippen LogP contribution < -0.4 is 10.6 Å². The molecule has 2 rings (SSSR count). The molecule has 0 spiro atoms. The number of carbonyl (C=O) groups is 3. The predicted molar refractivity (Wildman–Crippen MR) is 102 cm³/mol. The van der Waals surface area contributed by atoms with E-state index in [1.165, 1.54) is 18.5 Å². The fraction of sp³-hybridized carbons (Fsp3) is 0.300. The number of amides is 2. The maximum atomic E-state index is 12.4. The number of carbonyl (C=O) groups excluding carboxylic acids is 3. The van der Waals surface area contributed by atoms with Crippen LogP contribution in [-0.4, -0.2) is 35.4 Å². The first-order valence-electron chi connectivity index (χ1n) is 8.79. The summed E-state index contributed by atoms with van der Waals surface area (Å²) in [7, 11) is 0. The summed E-state index contributed by atoms with van der Waals surface area (Å²) in [5, 5.41) is 5.55. The van der Waals surface area contributed by atoms with Crippen LogP contribution in [0.2, 0.25) is 0 Å². The maximum absolute atomic E-state index is 12.4. The molecule has 0 bridgehead atoms. The van der Waals surface area contributed by atoms with Gasteiger partial charge in [0.15, 0.2) is 0 Å². The number of rotatable bonds is 7. The maximum Gasteiger partial charge on any atom is 0.338 e. The fourth-order valence-electron chi connectivity index (χ4n) is 2.20. The van der Waals surface area contributed by atoms with Gasteiger partial charge in [-0.15, -0.1) is 0 Å². The van der Waals surface area contributed by atoms with Gasteiger partial charge in [0.05, 0.1) is 23.3 Å². The third kappa shape index (κ3) is 5.64. The van der Waals surface area contributed by atoms with E-state index in [2.05, 4.69) is 15.6 Å². The Morgan fingerprint density at radius 1 is 1.00 bits per heavy atom. The Morgan fingerprint density at radius 2 is 1.63 bits per heavy atom. The summed E-state index contributed by atoms with van der Waals surface area (Å²) < 4.78 is 4.92. The molecule has 1 aromatic heterocycles.